The summed E-state index contributed by atoms with van der Waals surface area (Å²) >= 11 is 0. The van der Waals surface area contributed by atoms with Crippen LogP contribution in [0.15, 0.2) is 61.1 Å². The Kier molecular flexibility index (Phi) is 4.96. The fourth-order valence-corrected chi connectivity index (χ4v) is 3.51. The summed E-state index contributed by atoms with van der Waals surface area (Å²) in [6.45, 7) is 1.95. The van der Waals surface area contributed by atoms with E-state index in [2.05, 4.69) is 40.9 Å². The first kappa shape index (κ1) is 20.5. The van der Waals surface area contributed by atoms with Gasteiger partial charge in [-0.2, -0.15) is 18.4 Å². The normalized spacial score (nSPS) is 12.7. The molecule has 33 heavy (non-hydrogen) atoms. The highest BCUT2D eigenvalue weighted by Crippen LogP contribution is 2.35. The van der Waals surface area contributed by atoms with E-state index in [0.29, 0.717) is 17.0 Å². The largest absolute Gasteiger partial charge is 0.419 e. The van der Waals surface area contributed by atoms with Gasteiger partial charge >= 0.3 is 6.18 Å². The van der Waals surface area contributed by atoms with Crippen LogP contribution in [0.25, 0.3) is 28.4 Å². The molecule has 5 rings (SSSR count). The summed E-state index contributed by atoms with van der Waals surface area (Å²) in [6, 6.07) is 11.9. The van der Waals surface area contributed by atoms with Crippen LogP contribution in [0.1, 0.15) is 24.1 Å². The number of rotatable bonds is 5. The zero-order chi connectivity index (χ0) is 23.0. The van der Waals surface area contributed by atoms with E-state index < -0.39 is 11.7 Å². The molecule has 0 bridgehead atoms. The molecule has 0 aliphatic carbocycles. The van der Waals surface area contributed by atoms with E-state index in [1.54, 1.807) is 0 Å². The maximum atomic E-state index is 13.5. The number of tetrazole rings is 1. The second kappa shape index (κ2) is 7.97. The van der Waals surface area contributed by atoms with Crippen molar-refractivity contribution in [1.29, 1.82) is 0 Å². The molecule has 1 atom stereocenters. The first-order valence-corrected chi connectivity index (χ1v) is 9.88. The van der Waals surface area contributed by atoms with Crippen LogP contribution in [0.4, 0.5) is 19.1 Å². The van der Waals surface area contributed by atoms with Crippen molar-refractivity contribution < 1.29 is 13.2 Å². The number of alkyl halides is 3. The molecule has 0 spiro atoms. The molecule has 4 aromatic heterocycles. The van der Waals surface area contributed by atoms with E-state index in [1.807, 2.05) is 37.3 Å². The standard InChI is InChI=1S/C21H16F3N9/c1-12(13-6-3-2-4-7-13)27-20-26-10-14(18-29-31-32-30-18)17(28-20)16-11-25-19-15(21(22,23)24)8-5-9-33(16)19/h2-12H,1H3,(H,26,27,28)(H,29,30,31,32)/t12-/m0/s1. The zero-order valence-corrected chi connectivity index (χ0v) is 17.1. The van der Waals surface area contributed by atoms with Gasteiger partial charge in [0, 0.05) is 12.4 Å². The number of nitrogens with one attached hydrogen (secondary N) is 2. The van der Waals surface area contributed by atoms with Crippen LogP contribution in [-0.2, 0) is 6.18 Å². The molecule has 0 saturated carbocycles. The lowest BCUT2D eigenvalue weighted by molar-refractivity contribution is -0.136. The van der Waals surface area contributed by atoms with Crippen molar-refractivity contribution in [3.8, 4) is 22.8 Å². The Hall–Kier alpha value is -4.35. The van der Waals surface area contributed by atoms with Gasteiger partial charge < -0.3 is 5.32 Å². The van der Waals surface area contributed by atoms with Crippen LogP contribution in [0.5, 0.6) is 0 Å². The molecule has 166 valence electrons. The van der Waals surface area contributed by atoms with Crippen molar-refractivity contribution in [3.05, 3.63) is 72.2 Å². The maximum absolute atomic E-state index is 13.5. The van der Waals surface area contributed by atoms with Crippen LogP contribution in [-0.4, -0.2) is 40.0 Å². The van der Waals surface area contributed by atoms with Gasteiger partial charge in [0.2, 0.25) is 11.8 Å². The summed E-state index contributed by atoms with van der Waals surface area (Å²) < 4.78 is 41.8. The minimum Gasteiger partial charge on any atom is -0.348 e. The number of aromatic nitrogens is 8. The summed E-state index contributed by atoms with van der Waals surface area (Å²) in [5.74, 6) is 0.491. The number of fused-ring (bicyclic) bond motifs is 1. The van der Waals surface area contributed by atoms with E-state index in [9.17, 15) is 13.2 Å². The van der Waals surface area contributed by atoms with E-state index in [4.69, 9.17) is 0 Å². The predicted octanol–water partition coefficient (Wildman–Crippen LogP) is 4.16. The third-order valence-corrected chi connectivity index (χ3v) is 5.10. The van der Waals surface area contributed by atoms with Gasteiger partial charge in [0.15, 0.2) is 0 Å². The second-order valence-electron chi connectivity index (χ2n) is 7.22. The predicted molar refractivity (Wildman–Crippen MR) is 113 cm³/mol. The van der Waals surface area contributed by atoms with Crippen molar-refractivity contribution in [2.24, 2.45) is 0 Å². The van der Waals surface area contributed by atoms with Gasteiger partial charge in [-0.05, 0) is 29.8 Å². The molecule has 1 aromatic carbocycles. The Morgan fingerprint density at radius 3 is 2.58 bits per heavy atom. The fourth-order valence-electron chi connectivity index (χ4n) is 3.51. The third-order valence-electron chi connectivity index (χ3n) is 5.10. The van der Waals surface area contributed by atoms with Gasteiger partial charge in [-0.3, -0.25) is 4.40 Å². The molecule has 4 heterocycles. The second-order valence-corrected chi connectivity index (χ2v) is 7.22. The molecule has 12 heteroatoms. The van der Waals surface area contributed by atoms with Crippen LogP contribution in [0.3, 0.4) is 0 Å². The number of nitrogens with zero attached hydrogens (tertiary/aromatic N) is 7. The van der Waals surface area contributed by atoms with E-state index in [-0.39, 0.29) is 23.5 Å². The van der Waals surface area contributed by atoms with Gasteiger partial charge in [-0.15, -0.1) is 10.2 Å². The molecular formula is C21H16F3N9. The summed E-state index contributed by atoms with van der Waals surface area (Å²) in [5, 5.41) is 17.1. The molecule has 0 aliphatic rings. The highest BCUT2D eigenvalue weighted by Gasteiger charge is 2.34. The number of anilines is 1. The van der Waals surface area contributed by atoms with Crippen LogP contribution in [0, 0.1) is 0 Å². The van der Waals surface area contributed by atoms with E-state index in [1.165, 1.54) is 29.1 Å². The lowest BCUT2D eigenvalue weighted by Gasteiger charge is -2.15. The molecule has 9 nitrogen and oxygen atoms in total. The van der Waals surface area contributed by atoms with Gasteiger partial charge in [0.1, 0.15) is 11.3 Å². The zero-order valence-electron chi connectivity index (χ0n) is 17.1. The Labute approximate surface area is 184 Å². The number of imidazole rings is 1. The molecule has 0 radical (unpaired) electrons. The van der Waals surface area contributed by atoms with Gasteiger partial charge in [-0.1, -0.05) is 30.3 Å². The van der Waals surface area contributed by atoms with Crippen molar-refractivity contribution in [2.45, 2.75) is 19.1 Å². The monoisotopic (exact) mass is 451 g/mol. The molecule has 0 aliphatic heterocycles. The Morgan fingerprint density at radius 1 is 1.03 bits per heavy atom. The van der Waals surface area contributed by atoms with Crippen molar-refractivity contribution in [3.63, 3.8) is 0 Å². The molecule has 2 N–H and O–H groups in total. The summed E-state index contributed by atoms with van der Waals surface area (Å²) in [4.78, 5) is 13.0. The molecule has 5 aromatic rings. The smallest absolute Gasteiger partial charge is 0.348 e. The topological polar surface area (TPSA) is 110 Å². The van der Waals surface area contributed by atoms with Gasteiger partial charge in [0.25, 0.3) is 0 Å². The van der Waals surface area contributed by atoms with Crippen LogP contribution < -0.4 is 5.32 Å². The average molecular weight is 451 g/mol. The summed E-state index contributed by atoms with van der Waals surface area (Å²) in [6.07, 6.45) is -0.221. The first-order valence-electron chi connectivity index (χ1n) is 9.88. The molecule has 0 amide bonds. The number of aromatic amines is 1. The highest BCUT2D eigenvalue weighted by atomic mass is 19.4. The lowest BCUT2D eigenvalue weighted by atomic mass is 10.1. The first-order chi connectivity index (χ1) is 15.9. The lowest BCUT2D eigenvalue weighted by Crippen LogP contribution is -2.11. The average Bonchev–Trinajstić information content (AvgIpc) is 3.49. The third kappa shape index (κ3) is 3.86. The molecule has 0 fully saturated rings. The number of H-pyrrole nitrogens is 1. The Morgan fingerprint density at radius 2 is 1.85 bits per heavy atom. The number of pyridine rings is 1. The number of halogens is 3. The maximum Gasteiger partial charge on any atom is 0.419 e. The van der Waals surface area contributed by atoms with E-state index in [0.717, 1.165) is 11.6 Å². The summed E-state index contributed by atoms with van der Waals surface area (Å²) in [7, 11) is 0. The van der Waals surface area contributed by atoms with Crippen molar-refractivity contribution in [1.82, 2.24) is 40.0 Å². The van der Waals surface area contributed by atoms with Crippen molar-refractivity contribution >= 4 is 11.6 Å². The van der Waals surface area contributed by atoms with Gasteiger partial charge in [0.05, 0.1) is 29.1 Å². The molecule has 0 saturated heterocycles. The minimum atomic E-state index is -4.55. The Balaban J connectivity index is 1.63. The molecular weight excluding hydrogens is 435 g/mol. The number of hydrogen-bond donors (Lipinski definition) is 2. The number of benzene rings is 1. The minimum absolute atomic E-state index is 0.117. The van der Waals surface area contributed by atoms with Crippen LogP contribution >= 0.6 is 0 Å². The Bertz CT molecular complexity index is 1400. The van der Waals surface area contributed by atoms with Gasteiger partial charge in [-0.25, -0.2) is 15.0 Å². The quantitative estimate of drug-likeness (QED) is 0.413. The SMILES string of the molecule is C[C@H](Nc1ncc(-c2nn[nH]n2)c(-c2cnc3c(C(F)(F)F)cccn23)n1)c1ccccc1. The fraction of sp³-hybridized carbons (Fsp3) is 0.143. The number of hydrogen-bond acceptors (Lipinski definition) is 7. The highest BCUT2D eigenvalue weighted by molar-refractivity contribution is 5.77. The molecule has 0 unspecified atom stereocenters. The summed E-state index contributed by atoms with van der Waals surface area (Å²) in [5.41, 5.74) is 0.970. The van der Waals surface area contributed by atoms with Crippen molar-refractivity contribution in [2.75, 3.05) is 5.32 Å². The van der Waals surface area contributed by atoms with Crippen LogP contribution in [0.2, 0.25) is 0 Å². The van der Waals surface area contributed by atoms with E-state index >= 15 is 0 Å².